The molecule has 4 heteroatoms. The Balaban J connectivity index is 2.67. The molecule has 1 heterocycles. The lowest BCUT2D eigenvalue weighted by Crippen LogP contribution is -1.94. The van der Waals surface area contributed by atoms with Crippen molar-refractivity contribution in [1.82, 2.24) is 0 Å². The molecule has 0 saturated heterocycles. The Labute approximate surface area is 79.6 Å². The van der Waals surface area contributed by atoms with E-state index in [1.807, 2.05) is 6.07 Å². The summed E-state index contributed by atoms with van der Waals surface area (Å²) in [6.07, 6.45) is 1.53. The lowest BCUT2D eigenvalue weighted by molar-refractivity contribution is 0.561. The number of hydrazone groups is 1. The van der Waals surface area contributed by atoms with Crippen molar-refractivity contribution in [2.24, 2.45) is 10.9 Å². The molecular formula is C10H8N2O2. The van der Waals surface area contributed by atoms with Gasteiger partial charge in [-0.3, -0.25) is 0 Å². The van der Waals surface area contributed by atoms with Gasteiger partial charge in [-0.15, -0.1) is 0 Å². The van der Waals surface area contributed by atoms with Crippen LogP contribution in [0.1, 0.15) is 5.56 Å². The molecule has 0 saturated carbocycles. The van der Waals surface area contributed by atoms with Crippen molar-refractivity contribution >= 4 is 17.2 Å². The predicted octanol–water partition coefficient (Wildman–Crippen LogP) is 1.09. The first-order valence-electron chi connectivity index (χ1n) is 4.07. The monoisotopic (exact) mass is 188 g/mol. The maximum Gasteiger partial charge on any atom is 0.336 e. The molecule has 2 N–H and O–H groups in total. The largest absolute Gasteiger partial charge is 0.423 e. The van der Waals surface area contributed by atoms with Crippen molar-refractivity contribution in [1.29, 1.82) is 0 Å². The van der Waals surface area contributed by atoms with Crippen LogP contribution in [0.4, 0.5) is 0 Å². The highest BCUT2D eigenvalue weighted by Gasteiger charge is 1.96. The molecule has 0 spiro atoms. The van der Waals surface area contributed by atoms with Crippen LogP contribution in [0.3, 0.4) is 0 Å². The van der Waals surface area contributed by atoms with Gasteiger partial charge in [0.2, 0.25) is 0 Å². The van der Waals surface area contributed by atoms with Gasteiger partial charge in [-0.25, -0.2) is 4.79 Å². The van der Waals surface area contributed by atoms with Crippen molar-refractivity contribution in [2.75, 3.05) is 0 Å². The number of hydrogen-bond acceptors (Lipinski definition) is 4. The molecule has 0 unspecified atom stereocenters. The maximum absolute atomic E-state index is 10.9. The van der Waals surface area contributed by atoms with Gasteiger partial charge < -0.3 is 10.3 Å². The number of nitrogens with zero attached hydrogens (tertiary/aromatic N) is 1. The smallest absolute Gasteiger partial charge is 0.336 e. The van der Waals surface area contributed by atoms with Gasteiger partial charge in [0.15, 0.2) is 0 Å². The average Bonchev–Trinajstić information content (AvgIpc) is 2.19. The van der Waals surface area contributed by atoms with Crippen LogP contribution in [-0.4, -0.2) is 6.21 Å². The fourth-order valence-corrected chi connectivity index (χ4v) is 1.26. The Bertz CT molecular complexity index is 543. The third-order valence-corrected chi connectivity index (χ3v) is 1.87. The number of hydrogen-bond donors (Lipinski definition) is 1. The molecule has 4 nitrogen and oxygen atoms in total. The summed E-state index contributed by atoms with van der Waals surface area (Å²) in [5.41, 5.74) is 1.08. The highest BCUT2D eigenvalue weighted by molar-refractivity contribution is 5.87. The molecule has 0 amide bonds. The highest BCUT2D eigenvalue weighted by atomic mass is 16.4. The van der Waals surface area contributed by atoms with Crippen LogP contribution in [0.5, 0.6) is 0 Å². The SMILES string of the molecule is N/N=C/c1ccc2oc(=O)ccc2c1. The van der Waals surface area contributed by atoms with E-state index in [2.05, 4.69) is 5.10 Å². The minimum Gasteiger partial charge on any atom is -0.423 e. The second-order valence-electron chi connectivity index (χ2n) is 2.83. The molecule has 0 fully saturated rings. The van der Waals surface area contributed by atoms with Crippen LogP contribution >= 0.6 is 0 Å². The molecule has 0 aliphatic heterocycles. The Morgan fingerprint density at radius 1 is 1.29 bits per heavy atom. The number of fused-ring (bicyclic) bond motifs is 1. The molecule has 0 aliphatic carbocycles. The second-order valence-corrected chi connectivity index (χ2v) is 2.83. The molecule has 0 bridgehead atoms. The summed E-state index contributed by atoms with van der Waals surface area (Å²) in [6.45, 7) is 0. The Morgan fingerprint density at radius 3 is 2.93 bits per heavy atom. The van der Waals surface area contributed by atoms with E-state index in [4.69, 9.17) is 10.3 Å². The van der Waals surface area contributed by atoms with E-state index < -0.39 is 0 Å². The minimum absolute atomic E-state index is 0.349. The van der Waals surface area contributed by atoms with E-state index in [1.165, 1.54) is 12.3 Å². The fourth-order valence-electron chi connectivity index (χ4n) is 1.26. The summed E-state index contributed by atoms with van der Waals surface area (Å²) in [5.74, 6) is 5.02. The van der Waals surface area contributed by atoms with Crippen molar-refractivity contribution < 1.29 is 4.42 Å². The van der Waals surface area contributed by atoms with Crippen molar-refractivity contribution in [2.45, 2.75) is 0 Å². The summed E-state index contributed by atoms with van der Waals surface area (Å²) < 4.78 is 4.96. The van der Waals surface area contributed by atoms with Crippen LogP contribution in [0, 0.1) is 0 Å². The zero-order valence-corrected chi connectivity index (χ0v) is 7.31. The van der Waals surface area contributed by atoms with E-state index in [1.54, 1.807) is 18.2 Å². The van der Waals surface area contributed by atoms with Crippen LogP contribution < -0.4 is 11.5 Å². The van der Waals surface area contributed by atoms with Crippen LogP contribution in [0.15, 0.2) is 44.6 Å². The van der Waals surface area contributed by atoms with E-state index in [0.29, 0.717) is 5.58 Å². The first-order chi connectivity index (χ1) is 6.79. The third kappa shape index (κ3) is 1.50. The maximum atomic E-state index is 10.9. The van der Waals surface area contributed by atoms with Gasteiger partial charge >= 0.3 is 5.63 Å². The number of benzene rings is 1. The first kappa shape index (κ1) is 8.50. The molecule has 2 rings (SSSR count). The standard InChI is InChI=1S/C10H8N2O2/c11-12-6-7-1-3-9-8(5-7)2-4-10(13)14-9/h1-6H,11H2/b12-6+. The molecule has 0 aliphatic rings. The van der Waals surface area contributed by atoms with Crippen molar-refractivity contribution in [3.63, 3.8) is 0 Å². The van der Waals surface area contributed by atoms with E-state index in [0.717, 1.165) is 10.9 Å². The van der Waals surface area contributed by atoms with Crippen LogP contribution in [0.25, 0.3) is 11.0 Å². The predicted molar refractivity (Wildman–Crippen MR) is 54.3 cm³/mol. The van der Waals surface area contributed by atoms with Gasteiger partial charge in [0.25, 0.3) is 0 Å². The summed E-state index contributed by atoms with van der Waals surface area (Å²) in [7, 11) is 0. The van der Waals surface area contributed by atoms with Crippen molar-refractivity contribution in [3.8, 4) is 0 Å². The average molecular weight is 188 g/mol. The lowest BCUT2D eigenvalue weighted by atomic mass is 10.1. The minimum atomic E-state index is -0.349. The topological polar surface area (TPSA) is 68.6 Å². The fraction of sp³-hybridized carbons (Fsp3) is 0. The summed E-state index contributed by atoms with van der Waals surface area (Å²) >= 11 is 0. The van der Waals surface area contributed by atoms with Gasteiger partial charge in [0.05, 0.1) is 6.21 Å². The summed E-state index contributed by atoms with van der Waals surface area (Å²) in [4.78, 5) is 10.9. The molecule has 70 valence electrons. The quantitative estimate of drug-likeness (QED) is 0.315. The molecular weight excluding hydrogens is 180 g/mol. The Hall–Kier alpha value is -2.10. The molecule has 0 atom stereocenters. The van der Waals surface area contributed by atoms with E-state index in [-0.39, 0.29) is 5.63 Å². The summed E-state index contributed by atoms with van der Waals surface area (Å²) in [6, 6.07) is 8.42. The first-order valence-corrected chi connectivity index (χ1v) is 4.07. The lowest BCUT2D eigenvalue weighted by Gasteiger charge is -1.96. The van der Waals surface area contributed by atoms with Gasteiger partial charge in [0.1, 0.15) is 5.58 Å². The van der Waals surface area contributed by atoms with Gasteiger partial charge in [0, 0.05) is 11.5 Å². The zero-order chi connectivity index (χ0) is 9.97. The van der Waals surface area contributed by atoms with Gasteiger partial charge in [-0.1, -0.05) is 0 Å². The Kier molecular flexibility index (Phi) is 2.02. The molecule has 14 heavy (non-hydrogen) atoms. The number of nitrogens with two attached hydrogens (primary N) is 1. The summed E-state index contributed by atoms with van der Waals surface area (Å²) in [5, 5.41) is 4.26. The van der Waals surface area contributed by atoms with E-state index in [9.17, 15) is 4.79 Å². The van der Waals surface area contributed by atoms with Crippen LogP contribution in [-0.2, 0) is 0 Å². The Morgan fingerprint density at radius 2 is 2.14 bits per heavy atom. The second kappa shape index (κ2) is 3.33. The van der Waals surface area contributed by atoms with Crippen molar-refractivity contribution in [3.05, 3.63) is 46.3 Å². The van der Waals surface area contributed by atoms with Gasteiger partial charge in [-0.05, 0) is 29.8 Å². The number of rotatable bonds is 1. The normalized spacial score (nSPS) is 11.1. The van der Waals surface area contributed by atoms with Gasteiger partial charge in [-0.2, -0.15) is 5.10 Å². The zero-order valence-electron chi connectivity index (χ0n) is 7.31. The van der Waals surface area contributed by atoms with E-state index >= 15 is 0 Å². The molecule has 1 aromatic heterocycles. The third-order valence-electron chi connectivity index (χ3n) is 1.87. The molecule has 2 aromatic rings. The highest BCUT2D eigenvalue weighted by Crippen LogP contribution is 2.12. The molecule has 0 radical (unpaired) electrons. The van der Waals surface area contributed by atoms with Crippen LogP contribution in [0.2, 0.25) is 0 Å². The molecule has 1 aromatic carbocycles.